The number of rotatable bonds is 7. The molecule has 1 atom stereocenters. The minimum absolute atomic E-state index is 0.0110. The van der Waals surface area contributed by atoms with Gasteiger partial charge >= 0.3 is 6.18 Å². The molecule has 112 valence electrons. The zero-order valence-electron chi connectivity index (χ0n) is 11.4. The van der Waals surface area contributed by atoms with Crippen LogP contribution in [0.15, 0.2) is 0 Å². The van der Waals surface area contributed by atoms with Crippen molar-refractivity contribution in [3.63, 3.8) is 0 Å². The van der Waals surface area contributed by atoms with Crippen LogP contribution in [0.3, 0.4) is 0 Å². The van der Waals surface area contributed by atoms with Crippen molar-refractivity contribution in [3.8, 4) is 0 Å². The van der Waals surface area contributed by atoms with E-state index in [-0.39, 0.29) is 12.0 Å². The Labute approximate surface area is 112 Å². The molecule has 1 heterocycles. The molecule has 2 fully saturated rings. The molecule has 1 saturated heterocycles. The highest BCUT2D eigenvalue weighted by Gasteiger charge is 2.38. The number of halogens is 3. The van der Waals surface area contributed by atoms with Gasteiger partial charge in [0, 0.05) is 37.7 Å². The largest absolute Gasteiger partial charge is 0.390 e. The Morgan fingerprint density at radius 1 is 1.37 bits per heavy atom. The maximum Gasteiger partial charge on any atom is 0.390 e. The summed E-state index contributed by atoms with van der Waals surface area (Å²) in [5.74, 6) is 0. The highest BCUT2D eigenvalue weighted by atomic mass is 19.4. The molecule has 0 aromatic carbocycles. The van der Waals surface area contributed by atoms with Crippen LogP contribution in [0.1, 0.15) is 25.7 Å². The van der Waals surface area contributed by atoms with Gasteiger partial charge in [0.2, 0.25) is 0 Å². The molecule has 2 rings (SSSR count). The maximum absolute atomic E-state index is 12.2. The van der Waals surface area contributed by atoms with Crippen molar-refractivity contribution in [1.82, 2.24) is 10.2 Å². The maximum atomic E-state index is 12.2. The van der Waals surface area contributed by atoms with E-state index in [2.05, 4.69) is 5.32 Å². The van der Waals surface area contributed by atoms with Crippen LogP contribution in [-0.2, 0) is 4.74 Å². The first-order chi connectivity index (χ1) is 8.89. The van der Waals surface area contributed by atoms with E-state index >= 15 is 0 Å². The number of alkyl halides is 3. The summed E-state index contributed by atoms with van der Waals surface area (Å²) in [5.41, 5.74) is -0.0110. The van der Waals surface area contributed by atoms with Gasteiger partial charge in [-0.25, -0.2) is 0 Å². The second kappa shape index (κ2) is 5.97. The van der Waals surface area contributed by atoms with Crippen LogP contribution in [0.4, 0.5) is 13.2 Å². The number of nitrogens with zero attached hydrogens (tertiary/aromatic N) is 1. The molecule has 1 unspecified atom stereocenters. The third kappa shape index (κ3) is 5.28. The Kier molecular flexibility index (Phi) is 4.74. The first kappa shape index (κ1) is 15.1. The SMILES string of the molecule is CN(CCC(F)(F)F)CC1(CNC2CC2)CCOC1. The molecule has 1 saturated carbocycles. The van der Waals surface area contributed by atoms with Crippen molar-refractivity contribution < 1.29 is 17.9 Å². The number of hydrogen-bond acceptors (Lipinski definition) is 3. The molecule has 1 N–H and O–H groups in total. The van der Waals surface area contributed by atoms with Crippen LogP contribution in [-0.4, -0.2) is 57.0 Å². The summed E-state index contributed by atoms with van der Waals surface area (Å²) in [6.07, 6.45) is -1.43. The summed E-state index contributed by atoms with van der Waals surface area (Å²) in [7, 11) is 1.77. The Hall–Kier alpha value is -0.330. The Bertz CT molecular complexity index is 286. The predicted molar refractivity (Wildman–Crippen MR) is 67.1 cm³/mol. The second-order valence-electron chi connectivity index (χ2n) is 6.06. The molecule has 0 aromatic heterocycles. The Morgan fingerprint density at radius 3 is 2.63 bits per heavy atom. The minimum atomic E-state index is -4.07. The van der Waals surface area contributed by atoms with Gasteiger partial charge in [-0.1, -0.05) is 0 Å². The fraction of sp³-hybridized carbons (Fsp3) is 1.00. The van der Waals surface area contributed by atoms with Gasteiger partial charge in [0.05, 0.1) is 13.0 Å². The first-order valence-corrected chi connectivity index (χ1v) is 6.95. The standard InChI is InChI=1S/C13H23F3N2O/c1-18(6-4-13(14,15)16)9-12(5-7-19-10-12)8-17-11-2-3-11/h11,17H,2-10H2,1H3. The van der Waals surface area contributed by atoms with Crippen molar-refractivity contribution in [2.45, 2.75) is 37.9 Å². The van der Waals surface area contributed by atoms with Gasteiger partial charge in [-0.3, -0.25) is 0 Å². The third-order valence-corrected chi connectivity index (χ3v) is 3.91. The highest BCUT2D eigenvalue weighted by Crippen LogP contribution is 2.31. The zero-order valence-corrected chi connectivity index (χ0v) is 11.4. The lowest BCUT2D eigenvalue weighted by Crippen LogP contribution is -2.44. The van der Waals surface area contributed by atoms with E-state index in [0.717, 1.165) is 19.6 Å². The summed E-state index contributed by atoms with van der Waals surface area (Å²) in [4.78, 5) is 1.79. The van der Waals surface area contributed by atoms with Crippen molar-refractivity contribution in [2.24, 2.45) is 5.41 Å². The number of hydrogen-bond donors (Lipinski definition) is 1. The molecule has 1 aliphatic heterocycles. The van der Waals surface area contributed by atoms with E-state index in [9.17, 15) is 13.2 Å². The van der Waals surface area contributed by atoms with Gasteiger partial charge in [0.1, 0.15) is 0 Å². The first-order valence-electron chi connectivity index (χ1n) is 6.95. The molecule has 0 aromatic rings. The van der Waals surface area contributed by atoms with Gasteiger partial charge in [0.15, 0.2) is 0 Å². The third-order valence-electron chi connectivity index (χ3n) is 3.91. The Balaban J connectivity index is 1.77. The lowest BCUT2D eigenvalue weighted by Gasteiger charge is -2.32. The fourth-order valence-electron chi connectivity index (χ4n) is 2.59. The fourth-order valence-corrected chi connectivity index (χ4v) is 2.59. The average Bonchev–Trinajstić information content (AvgIpc) is 3.04. The van der Waals surface area contributed by atoms with Crippen LogP contribution >= 0.6 is 0 Å². The quantitative estimate of drug-likeness (QED) is 0.772. The minimum Gasteiger partial charge on any atom is -0.381 e. The van der Waals surface area contributed by atoms with Gasteiger partial charge in [-0.15, -0.1) is 0 Å². The van der Waals surface area contributed by atoms with E-state index in [4.69, 9.17) is 4.74 Å². The Morgan fingerprint density at radius 2 is 2.11 bits per heavy atom. The monoisotopic (exact) mass is 280 g/mol. The van der Waals surface area contributed by atoms with Crippen molar-refractivity contribution >= 4 is 0 Å². The molecule has 1 aliphatic carbocycles. The smallest absolute Gasteiger partial charge is 0.381 e. The molecule has 0 bridgehead atoms. The normalized spacial score (nSPS) is 28.3. The molecule has 19 heavy (non-hydrogen) atoms. The second-order valence-corrected chi connectivity index (χ2v) is 6.06. The summed E-state index contributed by atoms with van der Waals surface area (Å²) in [6, 6.07) is 0.623. The van der Waals surface area contributed by atoms with Gasteiger partial charge in [-0.05, 0) is 26.3 Å². The van der Waals surface area contributed by atoms with Gasteiger partial charge in [0.25, 0.3) is 0 Å². The summed E-state index contributed by atoms with van der Waals surface area (Å²) < 4.78 is 42.1. The molecule has 6 heteroatoms. The predicted octanol–water partition coefficient (Wildman–Crippen LogP) is 2.03. The number of ether oxygens (including phenoxy) is 1. The summed E-state index contributed by atoms with van der Waals surface area (Å²) in [6.45, 7) is 2.97. The van der Waals surface area contributed by atoms with Crippen LogP contribution in [0, 0.1) is 5.41 Å². The highest BCUT2D eigenvalue weighted by molar-refractivity contribution is 4.91. The van der Waals surface area contributed by atoms with E-state index in [1.54, 1.807) is 11.9 Å². The topological polar surface area (TPSA) is 24.5 Å². The van der Waals surface area contributed by atoms with Crippen LogP contribution in [0.25, 0.3) is 0 Å². The van der Waals surface area contributed by atoms with Crippen molar-refractivity contribution in [1.29, 1.82) is 0 Å². The van der Waals surface area contributed by atoms with E-state index < -0.39 is 12.6 Å². The molecule has 0 radical (unpaired) electrons. The lowest BCUT2D eigenvalue weighted by atomic mass is 9.86. The van der Waals surface area contributed by atoms with Crippen LogP contribution in [0.2, 0.25) is 0 Å². The summed E-state index contributed by atoms with van der Waals surface area (Å²) >= 11 is 0. The molecule has 0 spiro atoms. The van der Waals surface area contributed by atoms with Crippen molar-refractivity contribution in [2.75, 3.05) is 39.9 Å². The lowest BCUT2D eigenvalue weighted by molar-refractivity contribution is -0.138. The average molecular weight is 280 g/mol. The molecular formula is C13H23F3N2O. The molecule has 2 aliphatic rings. The van der Waals surface area contributed by atoms with Crippen LogP contribution < -0.4 is 5.32 Å². The summed E-state index contributed by atoms with van der Waals surface area (Å²) in [5, 5.41) is 3.49. The molecule has 0 amide bonds. The van der Waals surface area contributed by atoms with E-state index in [0.29, 0.717) is 19.2 Å². The molecular weight excluding hydrogens is 257 g/mol. The zero-order chi connectivity index (χ0) is 13.9. The number of nitrogens with one attached hydrogen (secondary N) is 1. The van der Waals surface area contributed by atoms with E-state index in [1.807, 2.05) is 0 Å². The molecule has 3 nitrogen and oxygen atoms in total. The van der Waals surface area contributed by atoms with Gasteiger partial charge < -0.3 is 15.0 Å². The van der Waals surface area contributed by atoms with Crippen LogP contribution in [0.5, 0.6) is 0 Å². The van der Waals surface area contributed by atoms with Gasteiger partial charge in [-0.2, -0.15) is 13.2 Å². The van der Waals surface area contributed by atoms with E-state index in [1.165, 1.54) is 12.8 Å². The van der Waals surface area contributed by atoms with Crippen molar-refractivity contribution in [3.05, 3.63) is 0 Å².